The molecule has 3 rings (SSSR count). The highest BCUT2D eigenvalue weighted by Crippen LogP contribution is 2.42. The first-order valence-corrected chi connectivity index (χ1v) is 8.12. The summed E-state index contributed by atoms with van der Waals surface area (Å²) in [5.74, 6) is -0.306. The Bertz CT molecular complexity index is 638. The first-order chi connectivity index (χ1) is 11.2. The number of benzene rings is 2. The third kappa shape index (κ3) is 3.45. The van der Waals surface area contributed by atoms with Crippen LogP contribution in [0.5, 0.6) is 0 Å². The van der Waals surface area contributed by atoms with E-state index in [0.717, 1.165) is 24.0 Å². The lowest BCUT2D eigenvalue weighted by Crippen LogP contribution is -2.43. The van der Waals surface area contributed by atoms with Crippen molar-refractivity contribution in [2.45, 2.75) is 43.8 Å². The van der Waals surface area contributed by atoms with E-state index in [-0.39, 0.29) is 17.8 Å². The van der Waals surface area contributed by atoms with E-state index in [1.165, 1.54) is 6.92 Å². The smallest absolute Gasteiger partial charge is 0.303 e. The molecular formula is C20H22O3. The number of rotatable bonds is 3. The van der Waals surface area contributed by atoms with Crippen molar-refractivity contribution in [3.8, 4) is 0 Å². The molecule has 0 aliphatic heterocycles. The molecule has 1 fully saturated rings. The van der Waals surface area contributed by atoms with Gasteiger partial charge in [-0.1, -0.05) is 60.7 Å². The minimum atomic E-state index is -0.694. The molecule has 0 unspecified atom stereocenters. The quantitative estimate of drug-likeness (QED) is 0.880. The van der Waals surface area contributed by atoms with Gasteiger partial charge in [-0.15, -0.1) is 0 Å². The summed E-state index contributed by atoms with van der Waals surface area (Å²) in [6.07, 6.45) is 0.565. The summed E-state index contributed by atoms with van der Waals surface area (Å²) in [4.78, 5) is 11.5. The molecule has 2 aromatic carbocycles. The molecule has 23 heavy (non-hydrogen) atoms. The average molecular weight is 310 g/mol. The Balaban J connectivity index is 1.89. The van der Waals surface area contributed by atoms with E-state index in [1.54, 1.807) is 0 Å². The summed E-state index contributed by atoms with van der Waals surface area (Å²) in [6.45, 7) is 1.40. The highest BCUT2D eigenvalue weighted by molar-refractivity contribution is 5.66. The van der Waals surface area contributed by atoms with Gasteiger partial charge >= 0.3 is 5.97 Å². The van der Waals surface area contributed by atoms with Crippen LogP contribution in [0.15, 0.2) is 60.7 Å². The standard InChI is InChI=1S/C20H22O3/c1-14(21)23-20-18(16-10-6-3-7-11-16)13-12-17(19(20)22)15-8-4-2-5-9-15/h2-11,17-20,22H,12-13H2,1H3/t17-,18-,19+,20+/m0/s1. The van der Waals surface area contributed by atoms with Gasteiger partial charge < -0.3 is 9.84 Å². The Hall–Kier alpha value is -2.13. The van der Waals surface area contributed by atoms with E-state index in [2.05, 4.69) is 0 Å². The van der Waals surface area contributed by atoms with Crippen molar-refractivity contribution in [3.63, 3.8) is 0 Å². The molecule has 0 saturated heterocycles. The fraction of sp³-hybridized carbons (Fsp3) is 0.350. The predicted octanol–water partition coefficient (Wildman–Crippen LogP) is 3.64. The van der Waals surface area contributed by atoms with Crippen molar-refractivity contribution in [2.24, 2.45) is 0 Å². The first kappa shape index (κ1) is 15.8. The summed E-state index contributed by atoms with van der Waals surface area (Å²) in [5, 5.41) is 10.9. The molecule has 1 aliphatic carbocycles. The van der Waals surface area contributed by atoms with Gasteiger partial charge in [0.1, 0.15) is 6.10 Å². The van der Waals surface area contributed by atoms with Crippen LogP contribution in [0.2, 0.25) is 0 Å². The number of ether oxygens (including phenoxy) is 1. The van der Waals surface area contributed by atoms with Crippen LogP contribution >= 0.6 is 0 Å². The Morgan fingerprint density at radius 1 is 0.913 bits per heavy atom. The number of aliphatic hydroxyl groups is 1. The Kier molecular flexibility index (Phi) is 4.77. The zero-order chi connectivity index (χ0) is 16.2. The van der Waals surface area contributed by atoms with Crippen molar-refractivity contribution < 1.29 is 14.6 Å². The maximum absolute atomic E-state index is 11.5. The second kappa shape index (κ2) is 6.97. The zero-order valence-corrected chi connectivity index (χ0v) is 13.3. The zero-order valence-electron chi connectivity index (χ0n) is 13.3. The molecule has 2 aromatic rings. The number of hydrogen-bond donors (Lipinski definition) is 1. The van der Waals surface area contributed by atoms with Crippen molar-refractivity contribution in [3.05, 3.63) is 71.8 Å². The maximum Gasteiger partial charge on any atom is 0.303 e. The van der Waals surface area contributed by atoms with Gasteiger partial charge in [0.15, 0.2) is 0 Å². The van der Waals surface area contributed by atoms with Crippen LogP contribution in [0, 0.1) is 0 Å². The van der Waals surface area contributed by atoms with Gasteiger partial charge in [0, 0.05) is 18.8 Å². The van der Waals surface area contributed by atoms with Crippen molar-refractivity contribution in [1.29, 1.82) is 0 Å². The predicted molar refractivity (Wildman–Crippen MR) is 89.2 cm³/mol. The molecule has 0 amide bonds. The molecule has 4 atom stereocenters. The SMILES string of the molecule is CC(=O)O[C@H]1[C@H](O)[C@H](c2ccccc2)CC[C@H]1c1ccccc1. The summed E-state index contributed by atoms with van der Waals surface area (Å²) in [6, 6.07) is 20.0. The van der Waals surface area contributed by atoms with Crippen LogP contribution in [-0.4, -0.2) is 23.3 Å². The fourth-order valence-electron chi connectivity index (χ4n) is 3.63. The van der Waals surface area contributed by atoms with E-state index in [1.807, 2.05) is 60.7 Å². The first-order valence-electron chi connectivity index (χ1n) is 8.12. The van der Waals surface area contributed by atoms with Gasteiger partial charge in [-0.3, -0.25) is 4.79 Å². The molecule has 0 radical (unpaired) electrons. The molecule has 0 aromatic heterocycles. The molecule has 0 spiro atoms. The highest BCUT2D eigenvalue weighted by atomic mass is 16.6. The van der Waals surface area contributed by atoms with E-state index >= 15 is 0 Å². The minimum absolute atomic E-state index is 0.000474. The number of carbonyl (C=O) groups excluding carboxylic acids is 1. The topological polar surface area (TPSA) is 46.5 Å². The van der Waals surface area contributed by atoms with Crippen LogP contribution in [0.1, 0.15) is 42.7 Å². The van der Waals surface area contributed by atoms with Crippen LogP contribution in [0.3, 0.4) is 0 Å². The minimum Gasteiger partial charge on any atom is -0.459 e. The summed E-state index contributed by atoms with van der Waals surface area (Å²) < 4.78 is 5.53. The normalized spacial score (nSPS) is 27.4. The molecule has 1 N–H and O–H groups in total. The van der Waals surface area contributed by atoms with E-state index in [0.29, 0.717) is 0 Å². The largest absolute Gasteiger partial charge is 0.459 e. The Morgan fingerprint density at radius 3 is 1.91 bits per heavy atom. The van der Waals surface area contributed by atoms with Crippen LogP contribution in [-0.2, 0) is 9.53 Å². The van der Waals surface area contributed by atoms with Crippen LogP contribution in [0.25, 0.3) is 0 Å². The number of esters is 1. The molecule has 1 saturated carbocycles. The van der Waals surface area contributed by atoms with E-state index < -0.39 is 12.2 Å². The Labute approximate surface area is 136 Å². The van der Waals surface area contributed by atoms with Crippen LogP contribution < -0.4 is 0 Å². The monoisotopic (exact) mass is 310 g/mol. The molecular weight excluding hydrogens is 288 g/mol. The van der Waals surface area contributed by atoms with Gasteiger partial charge in [-0.2, -0.15) is 0 Å². The van der Waals surface area contributed by atoms with Gasteiger partial charge in [0.05, 0.1) is 6.10 Å². The van der Waals surface area contributed by atoms with E-state index in [9.17, 15) is 9.90 Å². The van der Waals surface area contributed by atoms with Gasteiger partial charge in [-0.05, 0) is 24.0 Å². The lowest BCUT2D eigenvalue weighted by Gasteiger charge is -2.40. The van der Waals surface area contributed by atoms with Gasteiger partial charge in [0.2, 0.25) is 0 Å². The summed E-state index contributed by atoms with van der Waals surface area (Å²) in [5.41, 5.74) is 2.22. The fourth-order valence-corrected chi connectivity index (χ4v) is 3.63. The molecule has 120 valence electrons. The van der Waals surface area contributed by atoms with Crippen LogP contribution in [0.4, 0.5) is 0 Å². The van der Waals surface area contributed by atoms with Crippen molar-refractivity contribution >= 4 is 5.97 Å². The molecule has 3 heteroatoms. The maximum atomic E-state index is 11.5. The lowest BCUT2D eigenvalue weighted by atomic mass is 9.72. The average Bonchev–Trinajstić information content (AvgIpc) is 2.58. The lowest BCUT2D eigenvalue weighted by molar-refractivity contribution is -0.158. The summed E-state index contributed by atoms with van der Waals surface area (Å²) >= 11 is 0. The van der Waals surface area contributed by atoms with E-state index in [4.69, 9.17) is 4.74 Å². The molecule has 3 nitrogen and oxygen atoms in total. The third-order valence-electron chi connectivity index (χ3n) is 4.69. The third-order valence-corrected chi connectivity index (χ3v) is 4.69. The highest BCUT2D eigenvalue weighted by Gasteiger charge is 2.41. The molecule has 0 heterocycles. The van der Waals surface area contributed by atoms with Gasteiger partial charge in [-0.25, -0.2) is 0 Å². The number of carbonyl (C=O) groups is 1. The molecule has 0 bridgehead atoms. The molecule has 1 aliphatic rings. The van der Waals surface area contributed by atoms with Gasteiger partial charge in [0.25, 0.3) is 0 Å². The second-order valence-corrected chi connectivity index (χ2v) is 6.18. The summed E-state index contributed by atoms with van der Waals surface area (Å²) in [7, 11) is 0. The van der Waals surface area contributed by atoms with Crippen molar-refractivity contribution in [1.82, 2.24) is 0 Å². The number of hydrogen-bond acceptors (Lipinski definition) is 3. The Morgan fingerprint density at radius 2 is 1.39 bits per heavy atom. The second-order valence-electron chi connectivity index (χ2n) is 6.18. The number of aliphatic hydroxyl groups excluding tert-OH is 1. The van der Waals surface area contributed by atoms with Crippen molar-refractivity contribution in [2.75, 3.05) is 0 Å².